The van der Waals surface area contributed by atoms with Crippen molar-refractivity contribution < 1.29 is 24.5 Å². The highest BCUT2D eigenvalue weighted by Crippen LogP contribution is 2.31. The number of fused-ring (bicyclic) bond motifs is 1. The Hall–Kier alpha value is -2.53. The minimum atomic E-state index is -0.992. The maximum atomic E-state index is 11.2. The number of ether oxygens (including phenoxy) is 2. The fourth-order valence-corrected chi connectivity index (χ4v) is 1.85. The molecule has 2 N–H and O–H groups in total. The van der Waals surface area contributed by atoms with Crippen LogP contribution >= 0.6 is 0 Å². The van der Waals surface area contributed by atoms with Crippen LogP contribution in [0.5, 0.6) is 11.5 Å². The molecule has 0 heterocycles. The van der Waals surface area contributed by atoms with Gasteiger partial charge < -0.3 is 19.7 Å². The van der Waals surface area contributed by atoms with Crippen molar-refractivity contribution >= 4 is 16.7 Å². The van der Waals surface area contributed by atoms with Gasteiger partial charge in [0, 0.05) is 5.57 Å². The molecule has 2 rings (SSSR count). The summed E-state index contributed by atoms with van der Waals surface area (Å²) in [5.41, 5.74) is 0.264. The van der Waals surface area contributed by atoms with Crippen LogP contribution in [-0.4, -0.2) is 35.5 Å². The van der Waals surface area contributed by atoms with E-state index in [-0.39, 0.29) is 30.3 Å². The molecule has 0 fully saturated rings. The SMILES string of the molecule is C=C(C)C(=O)OCC(O)COc1cc2ccccc2cc1O. The van der Waals surface area contributed by atoms with Crippen LogP contribution in [0.1, 0.15) is 6.92 Å². The molecule has 0 aliphatic heterocycles. The quantitative estimate of drug-likeness (QED) is 0.633. The fourth-order valence-electron chi connectivity index (χ4n) is 1.85. The molecule has 22 heavy (non-hydrogen) atoms. The summed E-state index contributed by atoms with van der Waals surface area (Å²) in [6.45, 7) is 4.68. The van der Waals surface area contributed by atoms with Crippen molar-refractivity contribution in [1.29, 1.82) is 0 Å². The number of esters is 1. The third-order valence-corrected chi connectivity index (χ3v) is 3.01. The first-order chi connectivity index (χ1) is 10.5. The van der Waals surface area contributed by atoms with E-state index < -0.39 is 12.1 Å². The Morgan fingerprint density at radius 3 is 2.50 bits per heavy atom. The average molecular weight is 302 g/mol. The first-order valence-corrected chi connectivity index (χ1v) is 6.82. The molecule has 0 saturated heterocycles. The van der Waals surface area contributed by atoms with E-state index in [9.17, 15) is 15.0 Å². The number of aromatic hydroxyl groups is 1. The first kappa shape index (κ1) is 15.9. The maximum absolute atomic E-state index is 11.2. The Labute approximate surface area is 128 Å². The highest BCUT2D eigenvalue weighted by Gasteiger charge is 2.12. The highest BCUT2D eigenvalue weighted by molar-refractivity contribution is 5.87. The van der Waals surface area contributed by atoms with Gasteiger partial charge >= 0.3 is 5.97 Å². The largest absolute Gasteiger partial charge is 0.504 e. The van der Waals surface area contributed by atoms with Crippen molar-refractivity contribution in [2.75, 3.05) is 13.2 Å². The molecule has 0 bridgehead atoms. The minimum absolute atomic E-state index is 0.00942. The van der Waals surface area contributed by atoms with Gasteiger partial charge in [-0.15, -0.1) is 0 Å². The average Bonchev–Trinajstić information content (AvgIpc) is 2.50. The molecule has 2 aromatic rings. The number of aliphatic hydroxyl groups is 1. The molecule has 0 aliphatic rings. The van der Waals surface area contributed by atoms with Crippen molar-refractivity contribution in [2.45, 2.75) is 13.0 Å². The van der Waals surface area contributed by atoms with Crippen molar-refractivity contribution in [2.24, 2.45) is 0 Å². The number of benzene rings is 2. The predicted molar refractivity (Wildman–Crippen MR) is 82.9 cm³/mol. The Morgan fingerprint density at radius 2 is 1.86 bits per heavy atom. The summed E-state index contributed by atoms with van der Waals surface area (Å²) in [6.07, 6.45) is -0.992. The summed E-state index contributed by atoms with van der Waals surface area (Å²) < 4.78 is 10.2. The molecule has 5 heteroatoms. The highest BCUT2D eigenvalue weighted by atomic mass is 16.5. The molecule has 0 spiro atoms. The monoisotopic (exact) mass is 302 g/mol. The topological polar surface area (TPSA) is 76.0 Å². The van der Waals surface area contributed by atoms with E-state index >= 15 is 0 Å². The Balaban J connectivity index is 1.95. The van der Waals surface area contributed by atoms with Gasteiger partial charge in [-0.25, -0.2) is 4.79 Å². The van der Waals surface area contributed by atoms with Gasteiger partial charge in [-0.05, 0) is 29.8 Å². The van der Waals surface area contributed by atoms with Gasteiger partial charge in [0.2, 0.25) is 0 Å². The van der Waals surface area contributed by atoms with Crippen LogP contribution in [0.25, 0.3) is 10.8 Å². The van der Waals surface area contributed by atoms with E-state index in [2.05, 4.69) is 6.58 Å². The lowest BCUT2D eigenvalue weighted by Crippen LogP contribution is -2.25. The molecule has 0 amide bonds. The smallest absolute Gasteiger partial charge is 0.333 e. The number of rotatable bonds is 6. The minimum Gasteiger partial charge on any atom is -0.504 e. The molecular formula is C17H18O5. The number of hydrogen-bond donors (Lipinski definition) is 2. The van der Waals surface area contributed by atoms with E-state index in [0.29, 0.717) is 0 Å². The van der Waals surface area contributed by atoms with E-state index in [1.54, 1.807) is 12.1 Å². The number of phenols is 1. The van der Waals surface area contributed by atoms with Crippen LogP contribution < -0.4 is 4.74 Å². The summed E-state index contributed by atoms with van der Waals surface area (Å²) >= 11 is 0. The molecule has 116 valence electrons. The molecule has 0 aliphatic carbocycles. The van der Waals surface area contributed by atoms with Gasteiger partial charge in [-0.3, -0.25) is 0 Å². The summed E-state index contributed by atoms with van der Waals surface area (Å²) in [5, 5.41) is 21.4. The van der Waals surface area contributed by atoms with Crippen LogP contribution in [0.4, 0.5) is 0 Å². The molecule has 1 atom stereocenters. The van der Waals surface area contributed by atoms with E-state index in [0.717, 1.165) is 10.8 Å². The van der Waals surface area contributed by atoms with Crippen LogP contribution in [0.2, 0.25) is 0 Å². The third kappa shape index (κ3) is 3.99. The molecule has 2 aromatic carbocycles. The number of carbonyl (C=O) groups is 1. The number of aliphatic hydroxyl groups excluding tert-OH is 1. The van der Waals surface area contributed by atoms with E-state index in [1.807, 2.05) is 24.3 Å². The normalized spacial score (nSPS) is 11.9. The standard InChI is InChI=1S/C17H18O5/c1-11(2)17(20)22-10-14(18)9-21-16-8-13-6-4-3-5-12(13)7-15(16)19/h3-8,14,18-19H,1,9-10H2,2H3. The van der Waals surface area contributed by atoms with Gasteiger partial charge in [-0.1, -0.05) is 30.8 Å². The second-order valence-electron chi connectivity index (χ2n) is 5.01. The van der Waals surface area contributed by atoms with Gasteiger partial charge in [0.15, 0.2) is 11.5 Å². The van der Waals surface area contributed by atoms with Crippen LogP contribution in [0.3, 0.4) is 0 Å². The van der Waals surface area contributed by atoms with E-state index in [4.69, 9.17) is 9.47 Å². The molecule has 5 nitrogen and oxygen atoms in total. The van der Waals surface area contributed by atoms with Crippen LogP contribution in [0.15, 0.2) is 48.6 Å². The third-order valence-electron chi connectivity index (χ3n) is 3.01. The molecule has 1 unspecified atom stereocenters. The van der Waals surface area contributed by atoms with Gasteiger partial charge in [0.05, 0.1) is 0 Å². The Bertz CT molecular complexity index is 693. The fraction of sp³-hybridized carbons (Fsp3) is 0.235. The molecule has 0 aromatic heterocycles. The number of carbonyl (C=O) groups excluding carboxylic acids is 1. The predicted octanol–water partition coefficient (Wildman–Crippen LogP) is 2.40. The molecule has 0 radical (unpaired) electrons. The lowest BCUT2D eigenvalue weighted by molar-refractivity contribution is -0.142. The maximum Gasteiger partial charge on any atom is 0.333 e. The Morgan fingerprint density at radius 1 is 1.23 bits per heavy atom. The number of phenolic OH excluding ortho intramolecular Hbond substituents is 1. The summed E-state index contributed by atoms with van der Waals surface area (Å²) in [5.74, 6) is -0.304. The van der Waals surface area contributed by atoms with Gasteiger partial charge in [0.1, 0.15) is 19.3 Å². The lowest BCUT2D eigenvalue weighted by Gasteiger charge is -2.14. The first-order valence-electron chi connectivity index (χ1n) is 6.82. The Kier molecular flexibility index (Phi) is 5.01. The summed E-state index contributed by atoms with van der Waals surface area (Å²) in [4.78, 5) is 11.2. The zero-order valence-corrected chi connectivity index (χ0v) is 12.3. The van der Waals surface area contributed by atoms with Crippen LogP contribution in [0, 0.1) is 0 Å². The van der Waals surface area contributed by atoms with Crippen molar-refractivity contribution in [1.82, 2.24) is 0 Å². The second kappa shape index (κ2) is 6.95. The van der Waals surface area contributed by atoms with Crippen molar-refractivity contribution in [3.63, 3.8) is 0 Å². The van der Waals surface area contributed by atoms with Crippen molar-refractivity contribution in [3.8, 4) is 11.5 Å². The van der Waals surface area contributed by atoms with Crippen LogP contribution in [-0.2, 0) is 9.53 Å². The lowest BCUT2D eigenvalue weighted by atomic mass is 10.1. The zero-order chi connectivity index (χ0) is 16.1. The van der Waals surface area contributed by atoms with Gasteiger partial charge in [0.25, 0.3) is 0 Å². The summed E-state index contributed by atoms with van der Waals surface area (Å²) in [7, 11) is 0. The van der Waals surface area contributed by atoms with Gasteiger partial charge in [-0.2, -0.15) is 0 Å². The second-order valence-corrected chi connectivity index (χ2v) is 5.01. The molecule has 0 saturated carbocycles. The van der Waals surface area contributed by atoms with Crippen molar-refractivity contribution in [3.05, 3.63) is 48.6 Å². The number of hydrogen-bond acceptors (Lipinski definition) is 5. The summed E-state index contributed by atoms with van der Waals surface area (Å²) in [6, 6.07) is 10.8. The zero-order valence-electron chi connectivity index (χ0n) is 12.3. The molecular weight excluding hydrogens is 284 g/mol. The van der Waals surface area contributed by atoms with E-state index in [1.165, 1.54) is 6.92 Å².